The Kier molecular flexibility index (Phi) is 7.29. The second-order valence-electron chi connectivity index (χ2n) is 7.00. The monoisotopic (exact) mass is 468 g/mol. The highest BCUT2D eigenvalue weighted by molar-refractivity contribution is 7.92. The topological polar surface area (TPSA) is 120 Å². The quantitative estimate of drug-likeness (QED) is 0.485. The Morgan fingerprint density at radius 2 is 1.70 bits per heavy atom. The minimum Gasteiger partial charge on any atom is -0.497 e. The average Bonchev–Trinajstić information content (AvgIpc) is 2.77. The molecular formula is C23H24N4O5S. The molecule has 10 heteroatoms. The van der Waals surface area contributed by atoms with Crippen LogP contribution < -0.4 is 19.5 Å². The van der Waals surface area contributed by atoms with E-state index in [4.69, 9.17) is 9.47 Å². The maximum absolute atomic E-state index is 12.6. The van der Waals surface area contributed by atoms with E-state index in [0.717, 1.165) is 0 Å². The highest BCUT2D eigenvalue weighted by atomic mass is 32.2. The van der Waals surface area contributed by atoms with Crippen LogP contribution in [0, 0.1) is 13.8 Å². The second-order valence-corrected chi connectivity index (χ2v) is 8.68. The first kappa shape index (κ1) is 23.7. The fraction of sp³-hybridized carbons (Fsp3) is 0.174. The van der Waals surface area contributed by atoms with Crippen molar-refractivity contribution < 1.29 is 22.7 Å². The molecule has 0 spiro atoms. The molecule has 9 nitrogen and oxygen atoms in total. The number of rotatable bonds is 8. The highest BCUT2D eigenvalue weighted by Gasteiger charge is 2.15. The van der Waals surface area contributed by atoms with E-state index in [2.05, 4.69) is 20.0 Å². The Bertz CT molecular complexity index is 1270. The van der Waals surface area contributed by atoms with Crippen LogP contribution in [0.3, 0.4) is 0 Å². The number of methoxy groups -OCH3 is 2. The molecule has 1 heterocycles. The average molecular weight is 469 g/mol. The van der Waals surface area contributed by atoms with E-state index in [1.807, 2.05) is 0 Å². The molecule has 0 unspecified atom stereocenters. The summed E-state index contributed by atoms with van der Waals surface area (Å²) in [5.41, 5.74) is 1.80. The van der Waals surface area contributed by atoms with Crippen LogP contribution in [0.5, 0.6) is 11.5 Å². The van der Waals surface area contributed by atoms with Crippen molar-refractivity contribution in [2.45, 2.75) is 18.7 Å². The molecule has 2 aromatic carbocycles. The van der Waals surface area contributed by atoms with Gasteiger partial charge in [0, 0.05) is 35.2 Å². The van der Waals surface area contributed by atoms with Gasteiger partial charge < -0.3 is 14.8 Å². The fourth-order valence-electron chi connectivity index (χ4n) is 2.99. The van der Waals surface area contributed by atoms with Gasteiger partial charge in [-0.1, -0.05) is 0 Å². The molecule has 0 saturated carbocycles. The molecule has 0 aliphatic carbocycles. The van der Waals surface area contributed by atoms with E-state index in [9.17, 15) is 13.2 Å². The molecule has 0 saturated heterocycles. The largest absolute Gasteiger partial charge is 0.497 e. The molecule has 0 radical (unpaired) electrons. The Morgan fingerprint density at radius 1 is 0.970 bits per heavy atom. The SMILES string of the molecule is COc1ccc(C=CC(=O)Nc2ccc(S(=O)(=O)Nc3cc(C)nc(C)n3)cc2)c(OC)c1. The molecule has 1 aromatic heterocycles. The maximum Gasteiger partial charge on any atom is 0.263 e. The molecule has 0 fully saturated rings. The van der Waals surface area contributed by atoms with Gasteiger partial charge in [0.1, 0.15) is 23.1 Å². The predicted molar refractivity (Wildman–Crippen MR) is 126 cm³/mol. The van der Waals surface area contributed by atoms with E-state index in [-0.39, 0.29) is 16.6 Å². The van der Waals surface area contributed by atoms with Crippen LogP contribution in [-0.4, -0.2) is 38.5 Å². The van der Waals surface area contributed by atoms with Gasteiger partial charge in [0.05, 0.1) is 19.1 Å². The first-order valence-corrected chi connectivity index (χ1v) is 11.3. The van der Waals surface area contributed by atoms with Crippen molar-refractivity contribution in [1.29, 1.82) is 0 Å². The predicted octanol–water partition coefficient (Wildman–Crippen LogP) is 3.56. The van der Waals surface area contributed by atoms with Crippen LogP contribution in [0.1, 0.15) is 17.1 Å². The number of benzene rings is 2. The number of carbonyl (C=O) groups is 1. The summed E-state index contributed by atoms with van der Waals surface area (Å²) in [7, 11) is -0.754. The number of hydrogen-bond acceptors (Lipinski definition) is 7. The summed E-state index contributed by atoms with van der Waals surface area (Å²) in [5, 5.41) is 2.69. The summed E-state index contributed by atoms with van der Waals surface area (Å²) >= 11 is 0. The van der Waals surface area contributed by atoms with Gasteiger partial charge in [-0.05, 0) is 56.3 Å². The molecule has 0 bridgehead atoms. The van der Waals surface area contributed by atoms with Gasteiger partial charge in [-0.15, -0.1) is 0 Å². The maximum atomic E-state index is 12.6. The number of amides is 1. The zero-order valence-corrected chi connectivity index (χ0v) is 19.4. The van der Waals surface area contributed by atoms with Crippen molar-refractivity contribution >= 4 is 33.5 Å². The molecule has 3 aromatic rings. The first-order valence-electron chi connectivity index (χ1n) is 9.86. The summed E-state index contributed by atoms with van der Waals surface area (Å²) in [5.74, 6) is 1.48. The number of hydrogen-bond donors (Lipinski definition) is 2. The molecular weight excluding hydrogens is 444 g/mol. The summed E-state index contributed by atoms with van der Waals surface area (Å²) in [6.45, 7) is 3.44. The van der Waals surface area contributed by atoms with E-state index in [0.29, 0.717) is 34.3 Å². The molecule has 3 rings (SSSR count). The smallest absolute Gasteiger partial charge is 0.263 e. The van der Waals surface area contributed by atoms with E-state index in [1.54, 1.807) is 51.3 Å². The minimum atomic E-state index is -3.84. The number of ether oxygens (including phenoxy) is 2. The lowest BCUT2D eigenvalue weighted by Gasteiger charge is -2.09. The summed E-state index contributed by atoms with van der Waals surface area (Å²) in [6.07, 6.45) is 2.97. The molecule has 172 valence electrons. The van der Waals surface area contributed by atoms with E-state index < -0.39 is 10.0 Å². The number of sulfonamides is 1. The molecule has 1 amide bonds. The normalized spacial score (nSPS) is 11.3. The van der Waals surface area contributed by atoms with Crippen molar-refractivity contribution in [2.24, 2.45) is 0 Å². The molecule has 0 aliphatic heterocycles. The van der Waals surface area contributed by atoms with Crippen LogP contribution in [-0.2, 0) is 14.8 Å². The van der Waals surface area contributed by atoms with Crippen LogP contribution in [0.4, 0.5) is 11.5 Å². The van der Waals surface area contributed by atoms with Crippen LogP contribution >= 0.6 is 0 Å². The molecule has 2 N–H and O–H groups in total. The Balaban J connectivity index is 1.67. The third-order valence-corrected chi connectivity index (χ3v) is 5.86. The summed E-state index contributed by atoms with van der Waals surface area (Å²) in [6, 6.07) is 12.6. The summed E-state index contributed by atoms with van der Waals surface area (Å²) < 4.78 is 38.2. The Hall–Kier alpha value is -3.92. The number of anilines is 2. The number of nitrogens with zero attached hydrogens (tertiary/aromatic N) is 2. The fourth-order valence-corrected chi connectivity index (χ4v) is 3.98. The lowest BCUT2D eigenvalue weighted by molar-refractivity contribution is -0.111. The summed E-state index contributed by atoms with van der Waals surface area (Å²) in [4.78, 5) is 20.5. The minimum absolute atomic E-state index is 0.0351. The lowest BCUT2D eigenvalue weighted by Crippen LogP contribution is -2.15. The Labute approximate surface area is 192 Å². The number of aromatic nitrogens is 2. The van der Waals surface area contributed by atoms with Gasteiger partial charge in [0.15, 0.2) is 0 Å². The van der Waals surface area contributed by atoms with Gasteiger partial charge >= 0.3 is 0 Å². The van der Waals surface area contributed by atoms with Gasteiger partial charge in [0.25, 0.3) is 10.0 Å². The lowest BCUT2D eigenvalue weighted by atomic mass is 10.1. The van der Waals surface area contributed by atoms with Crippen molar-refractivity contribution in [1.82, 2.24) is 9.97 Å². The van der Waals surface area contributed by atoms with Gasteiger partial charge in [0.2, 0.25) is 5.91 Å². The van der Waals surface area contributed by atoms with Crippen LogP contribution in [0.15, 0.2) is 59.5 Å². The zero-order valence-electron chi connectivity index (χ0n) is 18.6. The number of carbonyl (C=O) groups excluding carboxylic acids is 1. The van der Waals surface area contributed by atoms with Crippen molar-refractivity contribution in [3.63, 3.8) is 0 Å². The van der Waals surface area contributed by atoms with Crippen molar-refractivity contribution in [2.75, 3.05) is 24.3 Å². The first-order chi connectivity index (χ1) is 15.7. The molecule has 33 heavy (non-hydrogen) atoms. The van der Waals surface area contributed by atoms with E-state index in [1.165, 1.54) is 37.5 Å². The number of aryl methyl sites for hydroxylation is 2. The van der Waals surface area contributed by atoms with Crippen LogP contribution in [0.2, 0.25) is 0 Å². The van der Waals surface area contributed by atoms with Crippen LogP contribution in [0.25, 0.3) is 6.08 Å². The molecule has 0 aliphatic rings. The van der Waals surface area contributed by atoms with Gasteiger partial charge in [-0.25, -0.2) is 18.4 Å². The third-order valence-electron chi connectivity index (χ3n) is 4.49. The molecule has 0 atom stereocenters. The van der Waals surface area contributed by atoms with Crippen molar-refractivity contribution in [3.8, 4) is 11.5 Å². The zero-order chi connectivity index (χ0) is 24.0. The van der Waals surface area contributed by atoms with Gasteiger partial charge in [-0.3, -0.25) is 9.52 Å². The standard InChI is InChI=1S/C23H24N4O5S/c1-15-13-22(25-16(2)24-15)27-33(29,30)20-10-7-18(8-11-20)26-23(28)12-6-17-5-9-19(31-3)14-21(17)32-4/h5-14H,1-4H3,(H,26,28)(H,24,25,27). The van der Waals surface area contributed by atoms with Crippen molar-refractivity contribution in [3.05, 3.63) is 71.7 Å². The Morgan fingerprint density at radius 3 is 2.33 bits per heavy atom. The second kappa shape index (κ2) is 10.1. The number of nitrogens with one attached hydrogen (secondary N) is 2. The highest BCUT2D eigenvalue weighted by Crippen LogP contribution is 2.25. The van der Waals surface area contributed by atoms with E-state index >= 15 is 0 Å². The van der Waals surface area contributed by atoms with Gasteiger partial charge in [-0.2, -0.15) is 0 Å². The third kappa shape index (κ3) is 6.30.